The van der Waals surface area contributed by atoms with Crippen LogP contribution < -0.4 is 0 Å². The molecule has 0 atom stereocenters. The van der Waals surface area contributed by atoms with Gasteiger partial charge in [0.05, 0.1) is 10.8 Å². The first-order valence-electron chi connectivity index (χ1n) is 5.47. The lowest BCUT2D eigenvalue weighted by molar-refractivity contribution is -0.167. The smallest absolute Gasteiger partial charge is 0.310 e. The first-order chi connectivity index (χ1) is 7.00. The fourth-order valence-corrected chi connectivity index (χ4v) is 4.63. The minimum Gasteiger partial charge on any atom is -0.481 e. The van der Waals surface area contributed by atoms with E-state index in [-0.39, 0.29) is 0 Å². The van der Waals surface area contributed by atoms with Gasteiger partial charge in [0.25, 0.3) is 0 Å². The minimum absolute atomic E-state index is 0.338. The maximum Gasteiger partial charge on any atom is 0.310 e. The van der Waals surface area contributed by atoms with Gasteiger partial charge >= 0.3 is 11.9 Å². The molecule has 4 bridgehead atoms. The Balaban J connectivity index is 2.15. The number of hydrogen-bond acceptors (Lipinski definition) is 2. The summed E-state index contributed by atoms with van der Waals surface area (Å²) >= 11 is 0. The van der Waals surface area contributed by atoms with Gasteiger partial charge in [-0.1, -0.05) is 0 Å². The first kappa shape index (κ1) is 9.19. The number of hydrogen-bond donors (Lipinski definition) is 2. The molecule has 4 aliphatic carbocycles. The summed E-state index contributed by atoms with van der Waals surface area (Å²) in [5.74, 6) is -1.08. The van der Waals surface area contributed by atoms with Gasteiger partial charge in [-0.05, 0) is 43.9 Å². The van der Waals surface area contributed by atoms with Crippen LogP contribution in [-0.2, 0) is 9.59 Å². The highest BCUT2D eigenvalue weighted by Gasteiger charge is 2.73. The van der Waals surface area contributed by atoms with Gasteiger partial charge in [-0.3, -0.25) is 9.59 Å². The highest BCUT2D eigenvalue weighted by atomic mass is 16.4. The summed E-state index contributed by atoms with van der Waals surface area (Å²) in [6.45, 7) is 0. The Morgan fingerprint density at radius 1 is 0.867 bits per heavy atom. The molecule has 0 heterocycles. The number of carbonyl (C=O) groups is 2. The molecule has 4 aliphatic rings. The molecule has 4 rings (SSSR count). The van der Waals surface area contributed by atoms with E-state index >= 15 is 0 Å². The van der Waals surface area contributed by atoms with Crippen molar-refractivity contribution in [2.75, 3.05) is 0 Å². The van der Waals surface area contributed by atoms with Crippen LogP contribution in [0.4, 0.5) is 0 Å². The predicted octanol–water partition coefficient (Wildman–Crippen LogP) is 1.35. The van der Waals surface area contributed by atoms with Crippen LogP contribution >= 0.6 is 0 Å². The predicted molar refractivity (Wildman–Crippen MR) is 50.2 cm³/mol. The Morgan fingerprint density at radius 2 is 1.20 bits per heavy atom. The summed E-state index contributed by atoms with van der Waals surface area (Å²) in [4.78, 5) is 22.8. The summed E-state index contributed by atoms with van der Waals surface area (Å²) in [6, 6.07) is 0. The molecule has 0 aromatic heterocycles. The zero-order chi connectivity index (χ0) is 10.8. The van der Waals surface area contributed by atoms with E-state index in [2.05, 4.69) is 0 Å². The molecule has 2 N–H and O–H groups in total. The van der Waals surface area contributed by atoms with Gasteiger partial charge in [0.15, 0.2) is 0 Å². The van der Waals surface area contributed by atoms with Crippen molar-refractivity contribution in [1.82, 2.24) is 0 Å². The van der Waals surface area contributed by atoms with E-state index in [0.29, 0.717) is 37.5 Å². The Kier molecular flexibility index (Phi) is 1.45. The van der Waals surface area contributed by atoms with Crippen molar-refractivity contribution in [1.29, 1.82) is 0 Å². The maximum atomic E-state index is 11.4. The highest BCUT2D eigenvalue weighted by molar-refractivity contribution is 5.88. The van der Waals surface area contributed by atoms with Crippen molar-refractivity contribution in [3.05, 3.63) is 0 Å². The highest BCUT2D eigenvalue weighted by Crippen LogP contribution is 2.72. The normalized spacial score (nSPS) is 50.9. The standard InChI is InChI=1S/C11H14O4/c12-8(13)10-2-6-1-7(4-10)5-11(10,3-6)9(14)15/h6-7H,1-5H2,(H,12,13)(H,14,15). The Hall–Kier alpha value is -1.06. The number of carboxylic acid groups (broad SMARTS) is 2. The average Bonchev–Trinajstić information content (AvgIpc) is 2.49. The molecule has 0 spiro atoms. The number of rotatable bonds is 2. The molecule has 4 nitrogen and oxygen atoms in total. The summed E-state index contributed by atoms with van der Waals surface area (Å²) in [5, 5.41) is 18.7. The van der Waals surface area contributed by atoms with Crippen LogP contribution in [0.5, 0.6) is 0 Å². The van der Waals surface area contributed by atoms with E-state index in [1.807, 2.05) is 0 Å². The quantitative estimate of drug-likeness (QED) is 0.721. The van der Waals surface area contributed by atoms with Crippen LogP contribution in [0.15, 0.2) is 0 Å². The third-order valence-corrected chi connectivity index (χ3v) is 4.95. The van der Waals surface area contributed by atoms with Gasteiger partial charge < -0.3 is 10.2 Å². The summed E-state index contributed by atoms with van der Waals surface area (Å²) in [7, 11) is 0. The molecular formula is C11H14O4. The largest absolute Gasteiger partial charge is 0.481 e. The molecule has 82 valence electrons. The second-order valence-electron chi connectivity index (χ2n) is 5.56. The topological polar surface area (TPSA) is 74.6 Å². The van der Waals surface area contributed by atoms with Gasteiger partial charge in [-0.25, -0.2) is 0 Å². The van der Waals surface area contributed by atoms with Crippen LogP contribution in [0.25, 0.3) is 0 Å². The molecule has 0 aromatic rings. The van der Waals surface area contributed by atoms with Gasteiger partial charge in [0.2, 0.25) is 0 Å². The van der Waals surface area contributed by atoms with Crippen molar-refractivity contribution in [3.8, 4) is 0 Å². The van der Waals surface area contributed by atoms with Crippen LogP contribution in [0, 0.1) is 22.7 Å². The fourth-order valence-electron chi connectivity index (χ4n) is 4.63. The summed E-state index contributed by atoms with van der Waals surface area (Å²) in [6.07, 6.45) is 3.40. The lowest BCUT2D eigenvalue weighted by atomic mass is 9.68. The second kappa shape index (κ2) is 2.36. The molecule has 0 radical (unpaired) electrons. The molecule has 0 saturated heterocycles. The van der Waals surface area contributed by atoms with Crippen molar-refractivity contribution >= 4 is 11.9 Å². The Morgan fingerprint density at radius 3 is 1.47 bits per heavy atom. The van der Waals surface area contributed by atoms with Gasteiger partial charge in [-0.15, -0.1) is 0 Å². The molecule has 0 aliphatic heterocycles. The van der Waals surface area contributed by atoms with Crippen molar-refractivity contribution in [2.45, 2.75) is 32.1 Å². The molecule has 4 saturated carbocycles. The van der Waals surface area contributed by atoms with Crippen LogP contribution in [0.2, 0.25) is 0 Å². The van der Waals surface area contributed by atoms with E-state index < -0.39 is 22.8 Å². The monoisotopic (exact) mass is 210 g/mol. The Labute approximate surface area is 87.3 Å². The molecule has 4 fully saturated rings. The van der Waals surface area contributed by atoms with Crippen molar-refractivity contribution in [3.63, 3.8) is 0 Å². The van der Waals surface area contributed by atoms with Crippen LogP contribution in [0.1, 0.15) is 32.1 Å². The minimum atomic E-state index is -0.938. The number of carboxylic acids is 2. The second-order valence-corrected chi connectivity index (χ2v) is 5.56. The van der Waals surface area contributed by atoms with Gasteiger partial charge in [0, 0.05) is 0 Å². The molecular weight excluding hydrogens is 196 g/mol. The summed E-state index contributed by atoms with van der Waals surface area (Å²) < 4.78 is 0. The number of aliphatic carboxylic acids is 2. The lowest BCUT2D eigenvalue weighted by Gasteiger charge is -2.33. The van der Waals surface area contributed by atoms with Crippen molar-refractivity contribution < 1.29 is 19.8 Å². The SMILES string of the molecule is O=C(O)C12CC3CC(C1)CC2(C(=O)O)C3. The van der Waals surface area contributed by atoms with E-state index in [9.17, 15) is 19.8 Å². The summed E-state index contributed by atoms with van der Waals surface area (Å²) in [5.41, 5.74) is -1.88. The van der Waals surface area contributed by atoms with Crippen LogP contribution in [-0.4, -0.2) is 22.2 Å². The molecule has 15 heavy (non-hydrogen) atoms. The van der Waals surface area contributed by atoms with E-state index in [1.165, 1.54) is 0 Å². The zero-order valence-electron chi connectivity index (χ0n) is 8.40. The zero-order valence-corrected chi connectivity index (χ0v) is 8.40. The molecule has 4 heteroatoms. The third-order valence-electron chi connectivity index (χ3n) is 4.95. The van der Waals surface area contributed by atoms with Gasteiger partial charge in [-0.2, -0.15) is 0 Å². The maximum absolute atomic E-state index is 11.4. The molecule has 0 unspecified atom stereocenters. The van der Waals surface area contributed by atoms with Crippen LogP contribution in [0.3, 0.4) is 0 Å². The van der Waals surface area contributed by atoms with E-state index in [4.69, 9.17) is 0 Å². The molecule has 0 aromatic carbocycles. The van der Waals surface area contributed by atoms with E-state index in [0.717, 1.165) is 6.42 Å². The first-order valence-corrected chi connectivity index (χ1v) is 5.47. The van der Waals surface area contributed by atoms with E-state index in [1.54, 1.807) is 0 Å². The average molecular weight is 210 g/mol. The fraction of sp³-hybridized carbons (Fsp3) is 0.818. The lowest BCUT2D eigenvalue weighted by Crippen LogP contribution is -2.44. The van der Waals surface area contributed by atoms with Gasteiger partial charge in [0.1, 0.15) is 0 Å². The third kappa shape index (κ3) is 0.802. The molecule has 0 amide bonds. The Bertz CT molecular complexity index is 314. The van der Waals surface area contributed by atoms with Crippen molar-refractivity contribution in [2.24, 2.45) is 22.7 Å².